The van der Waals surface area contributed by atoms with Gasteiger partial charge < -0.3 is 14.8 Å². The molecule has 1 aliphatic rings. The predicted molar refractivity (Wildman–Crippen MR) is 77.6 cm³/mol. The van der Waals surface area contributed by atoms with Crippen molar-refractivity contribution in [1.29, 1.82) is 0 Å². The van der Waals surface area contributed by atoms with Crippen molar-refractivity contribution >= 4 is 0 Å². The van der Waals surface area contributed by atoms with Gasteiger partial charge in [-0.05, 0) is 43.9 Å². The van der Waals surface area contributed by atoms with Crippen LogP contribution in [-0.2, 0) is 4.74 Å². The van der Waals surface area contributed by atoms with Gasteiger partial charge >= 0.3 is 0 Å². The lowest BCUT2D eigenvalue weighted by atomic mass is 10.1. The lowest BCUT2D eigenvalue weighted by Crippen LogP contribution is -2.28. The first-order chi connectivity index (χ1) is 9.29. The van der Waals surface area contributed by atoms with Gasteiger partial charge in [0.2, 0.25) is 0 Å². The molecule has 19 heavy (non-hydrogen) atoms. The minimum absolute atomic E-state index is 0.328. The van der Waals surface area contributed by atoms with Gasteiger partial charge in [-0.25, -0.2) is 0 Å². The summed E-state index contributed by atoms with van der Waals surface area (Å²) in [4.78, 5) is 0. The Morgan fingerprint density at radius 3 is 3.11 bits per heavy atom. The molecule has 1 aliphatic heterocycles. The normalized spacial score (nSPS) is 20.4. The van der Waals surface area contributed by atoms with Gasteiger partial charge in [-0.15, -0.1) is 0 Å². The maximum atomic E-state index is 5.67. The van der Waals surface area contributed by atoms with E-state index in [4.69, 9.17) is 9.47 Å². The fourth-order valence-electron chi connectivity index (χ4n) is 2.32. The molecule has 0 spiro atoms. The summed E-state index contributed by atoms with van der Waals surface area (Å²) in [6.45, 7) is 6.94. The molecule has 3 heteroatoms. The van der Waals surface area contributed by atoms with Crippen LogP contribution in [0.4, 0.5) is 0 Å². The molecule has 0 bridgehead atoms. The van der Waals surface area contributed by atoms with E-state index in [0.29, 0.717) is 12.1 Å². The number of nitrogens with one attached hydrogen (secondary N) is 1. The molecule has 2 atom stereocenters. The van der Waals surface area contributed by atoms with Crippen molar-refractivity contribution in [2.75, 3.05) is 19.8 Å². The van der Waals surface area contributed by atoms with Crippen molar-refractivity contribution in [3.63, 3.8) is 0 Å². The summed E-state index contributed by atoms with van der Waals surface area (Å²) < 4.78 is 11.3. The summed E-state index contributed by atoms with van der Waals surface area (Å²) in [7, 11) is 0. The first-order valence-electron chi connectivity index (χ1n) is 7.37. The van der Waals surface area contributed by atoms with Crippen LogP contribution in [0.1, 0.15) is 44.7 Å². The number of ether oxygens (including phenoxy) is 2. The van der Waals surface area contributed by atoms with Crippen molar-refractivity contribution < 1.29 is 9.47 Å². The Hall–Kier alpha value is -1.06. The molecular formula is C16H25NO2. The van der Waals surface area contributed by atoms with E-state index in [-0.39, 0.29) is 0 Å². The van der Waals surface area contributed by atoms with E-state index in [0.717, 1.165) is 31.9 Å². The number of hydrogen-bond donors (Lipinski definition) is 1. The summed E-state index contributed by atoms with van der Waals surface area (Å²) in [5.74, 6) is 0.963. The van der Waals surface area contributed by atoms with Gasteiger partial charge in [0.25, 0.3) is 0 Å². The molecule has 0 radical (unpaired) electrons. The van der Waals surface area contributed by atoms with Crippen LogP contribution in [0, 0.1) is 0 Å². The zero-order chi connectivity index (χ0) is 13.5. The maximum Gasteiger partial charge on any atom is 0.119 e. The highest BCUT2D eigenvalue weighted by molar-refractivity contribution is 5.30. The smallest absolute Gasteiger partial charge is 0.119 e. The van der Waals surface area contributed by atoms with Crippen molar-refractivity contribution in [3.05, 3.63) is 29.8 Å². The number of hydrogen-bond acceptors (Lipinski definition) is 3. The van der Waals surface area contributed by atoms with Crippen LogP contribution in [0.25, 0.3) is 0 Å². The molecule has 1 saturated heterocycles. The van der Waals surface area contributed by atoms with Crippen molar-refractivity contribution in [2.24, 2.45) is 0 Å². The molecule has 0 aliphatic carbocycles. The lowest BCUT2D eigenvalue weighted by Gasteiger charge is -2.18. The molecule has 0 amide bonds. The summed E-state index contributed by atoms with van der Waals surface area (Å²) in [5, 5.41) is 3.54. The Bertz CT molecular complexity index is 375. The molecular weight excluding hydrogens is 238 g/mol. The molecule has 0 unspecified atom stereocenters. The van der Waals surface area contributed by atoms with E-state index in [1.54, 1.807) is 0 Å². The average Bonchev–Trinajstić information content (AvgIpc) is 2.96. The molecule has 1 aromatic rings. The fraction of sp³-hybridized carbons (Fsp3) is 0.625. The molecule has 1 N–H and O–H groups in total. The first-order valence-corrected chi connectivity index (χ1v) is 7.37. The monoisotopic (exact) mass is 263 g/mol. The largest absolute Gasteiger partial charge is 0.494 e. The molecule has 3 nitrogen and oxygen atoms in total. The molecule has 0 saturated carbocycles. The highest BCUT2D eigenvalue weighted by Gasteiger charge is 2.16. The van der Waals surface area contributed by atoms with E-state index in [1.165, 1.54) is 18.4 Å². The summed E-state index contributed by atoms with van der Waals surface area (Å²) in [5.41, 5.74) is 1.27. The van der Waals surface area contributed by atoms with E-state index in [9.17, 15) is 0 Å². The van der Waals surface area contributed by atoms with E-state index < -0.39 is 0 Å². The van der Waals surface area contributed by atoms with E-state index in [1.807, 2.05) is 6.07 Å². The zero-order valence-electron chi connectivity index (χ0n) is 12.0. The summed E-state index contributed by atoms with van der Waals surface area (Å²) >= 11 is 0. The van der Waals surface area contributed by atoms with E-state index >= 15 is 0 Å². The predicted octanol–water partition coefficient (Wildman–Crippen LogP) is 3.31. The minimum Gasteiger partial charge on any atom is -0.494 e. The van der Waals surface area contributed by atoms with Crippen LogP contribution in [0.5, 0.6) is 5.75 Å². The molecule has 2 rings (SSSR count). The van der Waals surface area contributed by atoms with Gasteiger partial charge in [0.1, 0.15) is 5.75 Å². The van der Waals surface area contributed by atoms with Gasteiger partial charge in [-0.3, -0.25) is 0 Å². The van der Waals surface area contributed by atoms with Crippen LogP contribution in [0.3, 0.4) is 0 Å². The van der Waals surface area contributed by atoms with Gasteiger partial charge in [0, 0.05) is 19.2 Å². The fourth-order valence-corrected chi connectivity index (χ4v) is 2.32. The van der Waals surface area contributed by atoms with Gasteiger partial charge in [-0.2, -0.15) is 0 Å². The molecule has 0 aromatic heterocycles. The zero-order valence-corrected chi connectivity index (χ0v) is 12.0. The Balaban J connectivity index is 1.84. The van der Waals surface area contributed by atoms with Gasteiger partial charge in [0.15, 0.2) is 0 Å². The SMILES string of the molecule is CCCOc1cccc([C@@H](C)NC[C@@H]2CCCO2)c1. The van der Waals surface area contributed by atoms with Crippen LogP contribution in [0.15, 0.2) is 24.3 Å². The lowest BCUT2D eigenvalue weighted by molar-refractivity contribution is 0.108. The Labute approximate surface area is 116 Å². The number of rotatable bonds is 7. The summed E-state index contributed by atoms with van der Waals surface area (Å²) in [6, 6.07) is 8.68. The van der Waals surface area contributed by atoms with Crippen molar-refractivity contribution in [3.8, 4) is 5.75 Å². The minimum atomic E-state index is 0.328. The Morgan fingerprint density at radius 1 is 1.47 bits per heavy atom. The van der Waals surface area contributed by atoms with Crippen LogP contribution < -0.4 is 10.1 Å². The van der Waals surface area contributed by atoms with E-state index in [2.05, 4.69) is 37.4 Å². The summed E-state index contributed by atoms with van der Waals surface area (Å²) in [6.07, 6.45) is 3.80. The quantitative estimate of drug-likeness (QED) is 0.818. The van der Waals surface area contributed by atoms with Crippen LogP contribution >= 0.6 is 0 Å². The standard InChI is InChI=1S/C16H25NO2/c1-3-9-18-15-7-4-6-14(11-15)13(2)17-12-16-8-5-10-19-16/h4,6-7,11,13,16-17H,3,5,8-10,12H2,1-2H3/t13-,16+/m1/s1. The van der Waals surface area contributed by atoms with Crippen LogP contribution in [0.2, 0.25) is 0 Å². The second-order valence-corrected chi connectivity index (χ2v) is 5.19. The van der Waals surface area contributed by atoms with Crippen LogP contribution in [-0.4, -0.2) is 25.9 Å². The highest BCUT2D eigenvalue weighted by Crippen LogP contribution is 2.20. The molecule has 106 valence electrons. The van der Waals surface area contributed by atoms with Gasteiger partial charge in [0.05, 0.1) is 12.7 Å². The third-order valence-electron chi connectivity index (χ3n) is 3.51. The third-order valence-corrected chi connectivity index (χ3v) is 3.51. The second kappa shape index (κ2) is 7.51. The Kier molecular flexibility index (Phi) is 5.67. The van der Waals surface area contributed by atoms with Gasteiger partial charge in [-0.1, -0.05) is 19.1 Å². The third kappa shape index (κ3) is 4.51. The Morgan fingerprint density at radius 2 is 2.37 bits per heavy atom. The topological polar surface area (TPSA) is 30.5 Å². The average molecular weight is 263 g/mol. The second-order valence-electron chi connectivity index (χ2n) is 5.19. The first kappa shape index (κ1) is 14.4. The molecule has 1 aromatic carbocycles. The number of benzene rings is 1. The van der Waals surface area contributed by atoms with Crippen molar-refractivity contribution in [1.82, 2.24) is 5.32 Å². The highest BCUT2D eigenvalue weighted by atomic mass is 16.5. The molecule has 1 heterocycles. The molecule has 1 fully saturated rings. The van der Waals surface area contributed by atoms with Crippen molar-refractivity contribution in [2.45, 2.75) is 45.3 Å². The maximum absolute atomic E-state index is 5.67.